The Labute approximate surface area is 119 Å². The molecule has 2 heterocycles. The van der Waals surface area contributed by atoms with E-state index in [1.54, 1.807) is 11.3 Å². The normalized spacial score (nSPS) is 25.0. The highest BCUT2D eigenvalue weighted by atomic mass is 32.1. The summed E-state index contributed by atoms with van der Waals surface area (Å²) in [7, 11) is 2.21. The number of piperazine rings is 1. The number of aliphatic hydroxyl groups excluding tert-OH is 1. The molecule has 1 saturated heterocycles. The topological polar surface area (TPSA) is 39.6 Å². The molecular weight excluding hydrogens is 258 g/mol. The molecule has 3 rings (SSSR count). The molecule has 0 bridgehead atoms. The van der Waals surface area contributed by atoms with Crippen LogP contribution in [0.2, 0.25) is 0 Å². The molecule has 1 aromatic heterocycles. The molecule has 1 saturated carbocycles. The second-order valence-corrected chi connectivity index (χ2v) is 6.79. The van der Waals surface area contributed by atoms with Crippen molar-refractivity contribution >= 4 is 16.5 Å². The molecule has 2 fully saturated rings. The van der Waals surface area contributed by atoms with Gasteiger partial charge in [-0.3, -0.25) is 4.90 Å². The molecule has 5 heteroatoms. The number of aliphatic hydroxyl groups is 1. The monoisotopic (exact) mass is 281 g/mol. The average Bonchev–Trinajstić information content (AvgIpc) is 3.19. The third kappa shape index (κ3) is 2.64. The van der Waals surface area contributed by atoms with Crippen LogP contribution < -0.4 is 4.90 Å². The third-order valence-corrected chi connectivity index (χ3v) is 5.46. The van der Waals surface area contributed by atoms with Gasteiger partial charge in [-0.05, 0) is 26.3 Å². The first kappa shape index (κ1) is 13.3. The standard InChI is InChI=1S/C14H23N3OS/c1-3-11-8-17(7-6-16(11)2)14-15-13(10-4-5-10)12(9-18)19-14/h10-11,18H,3-9H2,1-2H3. The van der Waals surface area contributed by atoms with Crippen molar-refractivity contribution in [3.05, 3.63) is 10.6 Å². The molecule has 0 amide bonds. The number of rotatable bonds is 4. The number of likely N-dealkylation sites (N-methyl/N-ethyl adjacent to an activating group) is 1. The fraction of sp³-hybridized carbons (Fsp3) is 0.786. The molecule has 1 aliphatic carbocycles. The van der Waals surface area contributed by atoms with Crippen LogP contribution in [-0.2, 0) is 6.61 Å². The zero-order valence-corrected chi connectivity index (χ0v) is 12.6. The second kappa shape index (κ2) is 5.38. The number of aromatic nitrogens is 1. The molecule has 4 nitrogen and oxygen atoms in total. The predicted molar refractivity (Wildman–Crippen MR) is 78.9 cm³/mol. The van der Waals surface area contributed by atoms with Crippen LogP contribution in [-0.4, -0.2) is 47.7 Å². The SMILES string of the molecule is CCC1CN(c2nc(C3CC3)c(CO)s2)CCN1C. The van der Waals surface area contributed by atoms with Crippen LogP contribution in [0, 0.1) is 0 Å². The molecule has 1 unspecified atom stereocenters. The molecular formula is C14H23N3OS. The van der Waals surface area contributed by atoms with Crippen molar-refractivity contribution < 1.29 is 5.11 Å². The highest BCUT2D eigenvalue weighted by molar-refractivity contribution is 7.15. The maximum atomic E-state index is 9.49. The van der Waals surface area contributed by atoms with Crippen LogP contribution in [0.15, 0.2) is 0 Å². The molecule has 1 aliphatic heterocycles. The van der Waals surface area contributed by atoms with E-state index >= 15 is 0 Å². The quantitative estimate of drug-likeness (QED) is 0.917. The Morgan fingerprint density at radius 1 is 1.37 bits per heavy atom. The van der Waals surface area contributed by atoms with E-state index in [9.17, 15) is 5.11 Å². The fourth-order valence-electron chi connectivity index (χ4n) is 2.84. The van der Waals surface area contributed by atoms with Gasteiger partial charge in [0, 0.05) is 31.6 Å². The lowest BCUT2D eigenvalue weighted by molar-refractivity contribution is 0.213. The minimum Gasteiger partial charge on any atom is -0.391 e. The van der Waals surface area contributed by atoms with Crippen molar-refractivity contribution in [1.29, 1.82) is 0 Å². The van der Waals surface area contributed by atoms with Gasteiger partial charge in [0.1, 0.15) is 0 Å². The minimum atomic E-state index is 0.147. The third-order valence-electron chi connectivity index (χ3n) is 4.34. The Kier molecular flexibility index (Phi) is 3.78. The zero-order valence-electron chi connectivity index (χ0n) is 11.8. The zero-order chi connectivity index (χ0) is 13.4. The van der Waals surface area contributed by atoms with Crippen molar-refractivity contribution in [3.63, 3.8) is 0 Å². The number of thiazole rings is 1. The molecule has 106 valence electrons. The summed E-state index contributed by atoms with van der Waals surface area (Å²) >= 11 is 1.69. The van der Waals surface area contributed by atoms with E-state index in [0.29, 0.717) is 12.0 Å². The van der Waals surface area contributed by atoms with Gasteiger partial charge in [-0.2, -0.15) is 0 Å². The van der Waals surface area contributed by atoms with Crippen LogP contribution in [0.1, 0.15) is 42.7 Å². The summed E-state index contributed by atoms with van der Waals surface area (Å²) in [6.07, 6.45) is 3.67. The van der Waals surface area contributed by atoms with E-state index in [4.69, 9.17) is 4.98 Å². The van der Waals surface area contributed by atoms with Crippen molar-refractivity contribution in [3.8, 4) is 0 Å². The van der Waals surface area contributed by atoms with Gasteiger partial charge in [0.25, 0.3) is 0 Å². The van der Waals surface area contributed by atoms with E-state index in [2.05, 4.69) is 23.8 Å². The molecule has 0 aromatic carbocycles. The van der Waals surface area contributed by atoms with Crippen molar-refractivity contribution in [2.45, 2.75) is 44.8 Å². The predicted octanol–water partition coefficient (Wildman–Crippen LogP) is 2.04. The molecule has 1 N–H and O–H groups in total. The summed E-state index contributed by atoms with van der Waals surface area (Å²) in [6, 6.07) is 0.625. The van der Waals surface area contributed by atoms with Gasteiger partial charge in [-0.1, -0.05) is 18.3 Å². The van der Waals surface area contributed by atoms with E-state index in [1.807, 2.05) is 0 Å². The maximum Gasteiger partial charge on any atom is 0.185 e. The van der Waals surface area contributed by atoms with Crippen molar-refractivity contribution in [2.24, 2.45) is 0 Å². The van der Waals surface area contributed by atoms with Gasteiger partial charge in [0.05, 0.1) is 17.2 Å². The molecule has 0 radical (unpaired) electrons. The van der Waals surface area contributed by atoms with E-state index < -0.39 is 0 Å². The van der Waals surface area contributed by atoms with Gasteiger partial charge in [0.2, 0.25) is 0 Å². The fourth-order valence-corrected chi connectivity index (χ4v) is 3.88. The Morgan fingerprint density at radius 2 is 2.16 bits per heavy atom. The second-order valence-electron chi connectivity index (χ2n) is 5.73. The van der Waals surface area contributed by atoms with Crippen molar-refractivity contribution in [1.82, 2.24) is 9.88 Å². The van der Waals surface area contributed by atoms with E-state index in [0.717, 1.165) is 29.6 Å². The van der Waals surface area contributed by atoms with Gasteiger partial charge in [-0.15, -0.1) is 0 Å². The van der Waals surface area contributed by atoms with Crippen LogP contribution in [0.5, 0.6) is 0 Å². The first-order valence-electron chi connectivity index (χ1n) is 7.28. The van der Waals surface area contributed by atoms with Gasteiger partial charge in [0.15, 0.2) is 5.13 Å². The summed E-state index contributed by atoms with van der Waals surface area (Å²) in [5.74, 6) is 0.626. The molecule has 19 heavy (non-hydrogen) atoms. The Balaban J connectivity index is 1.78. The summed E-state index contributed by atoms with van der Waals surface area (Å²) < 4.78 is 0. The largest absolute Gasteiger partial charge is 0.391 e. The molecule has 1 atom stereocenters. The molecule has 1 aromatic rings. The summed E-state index contributed by atoms with van der Waals surface area (Å²) in [5.41, 5.74) is 1.18. The maximum absolute atomic E-state index is 9.49. The van der Waals surface area contributed by atoms with Crippen LogP contribution in [0.4, 0.5) is 5.13 Å². The lowest BCUT2D eigenvalue weighted by atomic mass is 10.1. The average molecular weight is 281 g/mol. The number of hydrogen-bond donors (Lipinski definition) is 1. The van der Waals surface area contributed by atoms with Crippen LogP contribution in [0.25, 0.3) is 0 Å². The van der Waals surface area contributed by atoms with E-state index in [-0.39, 0.29) is 6.61 Å². The Hall–Kier alpha value is -0.650. The Morgan fingerprint density at radius 3 is 2.79 bits per heavy atom. The van der Waals surface area contributed by atoms with Gasteiger partial charge < -0.3 is 10.0 Å². The summed E-state index contributed by atoms with van der Waals surface area (Å²) in [6.45, 7) is 5.62. The Bertz CT molecular complexity index is 444. The van der Waals surface area contributed by atoms with E-state index in [1.165, 1.54) is 25.0 Å². The summed E-state index contributed by atoms with van der Waals surface area (Å²) in [4.78, 5) is 10.8. The minimum absolute atomic E-state index is 0.147. The first-order chi connectivity index (χ1) is 9.22. The lowest BCUT2D eigenvalue weighted by Gasteiger charge is -2.39. The number of anilines is 1. The molecule has 0 spiro atoms. The molecule has 2 aliphatic rings. The van der Waals surface area contributed by atoms with Crippen molar-refractivity contribution in [2.75, 3.05) is 31.6 Å². The summed E-state index contributed by atoms with van der Waals surface area (Å²) in [5, 5.41) is 10.6. The lowest BCUT2D eigenvalue weighted by Crippen LogP contribution is -2.51. The van der Waals surface area contributed by atoms with Gasteiger partial charge in [-0.25, -0.2) is 4.98 Å². The number of hydrogen-bond acceptors (Lipinski definition) is 5. The van der Waals surface area contributed by atoms with Gasteiger partial charge >= 0.3 is 0 Å². The highest BCUT2D eigenvalue weighted by Crippen LogP contribution is 2.44. The first-order valence-corrected chi connectivity index (χ1v) is 8.10. The van der Waals surface area contributed by atoms with Crippen LogP contribution in [0.3, 0.4) is 0 Å². The number of nitrogens with zero attached hydrogens (tertiary/aromatic N) is 3. The van der Waals surface area contributed by atoms with Crippen LogP contribution >= 0.6 is 11.3 Å². The highest BCUT2D eigenvalue weighted by Gasteiger charge is 2.31. The smallest absolute Gasteiger partial charge is 0.185 e.